The van der Waals surface area contributed by atoms with Gasteiger partial charge in [-0.1, -0.05) is 65.1 Å². The third-order valence-electron chi connectivity index (χ3n) is 2.91. The standard InChI is InChI=1S/C15H19I/c1-3-14(10-11-16)15(4-2)12-13-8-6-5-7-9-13/h3-9,14-15H,1-2,10-12H2/t14-,15+/m0/s1. The molecule has 0 aliphatic carbocycles. The van der Waals surface area contributed by atoms with Crippen LogP contribution in [0.4, 0.5) is 0 Å². The molecule has 0 aliphatic rings. The fourth-order valence-corrected chi connectivity index (χ4v) is 2.65. The van der Waals surface area contributed by atoms with Gasteiger partial charge in [0.2, 0.25) is 0 Å². The zero-order valence-electron chi connectivity index (χ0n) is 9.61. The molecule has 0 amide bonds. The zero-order valence-corrected chi connectivity index (χ0v) is 11.8. The molecular weight excluding hydrogens is 307 g/mol. The Bertz CT molecular complexity index is 315. The topological polar surface area (TPSA) is 0 Å². The van der Waals surface area contributed by atoms with E-state index in [4.69, 9.17) is 0 Å². The molecule has 1 aromatic rings. The molecule has 0 heterocycles. The minimum atomic E-state index is 0.509. The maximum atomic E-state index is 3.96. The molecule has 0 fully saturated rings. The van der Waals surface area contributed by atoms with E-state index in [2.05, 4.69) is 78.2 Å². The Hall–Kier alpha value is -0.570. The number of hydrogen-bond acceptors (Lipinski definition) is 0. The maximum absolute atomic E-state index is 3.96. The molecule has 16 heavy (non-hydrogen) atoms. The predicted octanol–water partition coefficient (Wildman–Crippen LogP) is 4.66. The SMILES string of the molecule is C=C[C@H](Cc1ccccc1)[C@@H](C=C)CCI. The van der Waals surface area contributed by atoms with Crippen LogP contribution in [0.1, 0.15) is 12.0 Å². The van der Waals surface area contributed by atoms with Crippen molar-refractivity contribution >= 4 is 22.6 Å². The van der Waals surface area contributed by atoms with Gasteiger partial charge in [0.25, 0.3) is 0 Å². The van der Waals surface area contributed by atoms with Crippen molar-refractivity contribution in [3.8, 4) is 0 Å². The first-order valence-electron chi connectivity index (χ1n) is 5.66. The van der Waals surface area contributed by atoms with E-state index in [1.54, 1.807) is 0 Å². The molecule has 1 aromatic carbocycles. The van der Waals surface area contributed by atoms with Crippen LogP contribution >= 0.6 is 22.6 Å². The van der Waals surface area contributed by atoms with Gasteiger partial charge in [-0.25, -0.2) is 0 Å². The van der Waals surface area contributed by atoms with Crippen LogP contribution in [0.25, 0.3) is 0 Å². The monoisotopic (exact) mass is 326 g/mol. The molecule has 0 unspecified atom stereocenters. The average molecular weight is 326 g/mol. The molecule has 0 bridgehead atoms. The van der Waals surface area contributed by atoms with Crippen LogP contribution in [-0.2, 0) is 6.42 Å². The molecule has 86 valence electrons. The minimum absolute atomic E-state index is 0.509. The predicted molar refractivity (Wildman–Crippen MR) is 81.0 cm³/mol. The van der Waals surface area contributed by atoms with Gasteiger partial charge < -0.3 is 0 Å². The van der Waals surface area contributed by atoms with Crippen LogP contribution in [0.5, 0.6) is 0 Å². The summed E-state index contributed by atoms with van der Waals surface area (Å²) in [5.74, 6) is 1.06. The number of rotatable bonds is 7. The molecule has 2 atom stereocenters. The second-order valence-electron chi connectivity index (χ2n) is 3.97. The van der Waals surface area contributed by atoms with E-state index < -0.39 is 0 Å². The quantitative estimate of drug-likeness (QED) is 0.388. The van der Waals surface area contributed by atoms with Crippen molar-refractivity contribution in [2.45, 2.75) is 12.8 Å². The van der Waals surface area contributed by atoms with Crippen LogP contribution in [0, 0.1) is 11.8 Å². The highest BCUT2D eigenvalue weighted by molar-refractivity contribution is 14.1. The van der Waals surface area contributed by atoms with Crippen molar-refractivity contribution in [3.05, 3.63) is 61.2 Å². The van der Waals surface area contributed by atoms with Crippen LogP contribution in [0.2, 0.25) is 0 Å². The fourth-order valence-electron chi connectivity index (χ4n) is 1.93. The summed E-state index contributed by atoms with van der Waals surface area (Å²) >= 11 is 2.42. The Labute approximate surface area is 113 Å². The van der Waals surface area contributed by atoms with E-state index >= 15 is 0 Å². The second-order valence-corrected chi connectivity index (χ2v) is 5.05. The first kappa shape index (κ1) is 13.5. The molecular formula is C15H19I. The summed E-state index contributed by atoms with van der Waals surface area (Å²) in [7, 11) is 0. The summed E-state index contributed by atoms with van der Waals surface area (Å²) in [6.45, 7) is 7.90. The number of alkyl halides is 1. The Kier molecular flexibility index (Phi) is 6.46. The highest BCUT2D eigenvalue weighted by atomic mass is 127. The van der Waals surface area contributed by atoms with Crippen molar-refractivity contribution in [2.75, 3.05) is 4.43 Å². The maximum Gasteiger partial charge on any atom is 0.000109 e. The molecule has 0 saturated carbocycles. The lowest BCUT2D eigenvalue weighted by atomic mass is 9.85. The first-order valence-corrected chi connectivity index (χ1v) is 7.19. The smallest absolute Gasteiger partial charge is 0.000109 e. The zero-order chi connectivity index (χ0) is 11.8. The normalized spacial score (nSPS) is 14.1. The molecule has 0 aliphatic heterocycles. The van der Waals surface area contributed by atoms with Gasteiger partial charge >= 0.3 is 0 Å². The molecule has 0 N–H and O–H groups in total. The van der Waals surface area contributed by atoms with E-state index in [1.165, 1.54) is 16.4 Å². The van der Waals surface area contributed by atoms with Crippen LogP contribution in [-0.4, -0.2) is 4.43 Å². The van der Waals surface area contributed by atoms with Crippen LogP contribution < -0.4 is 0 Å². The van der Waals surface area contributed by atoms with Crippen molar-refractivity contribution in [2.24, 2.45) is 11.8 Å². The summed E-state index contributed by atoms with van der Waals surface area (Å²) in [5.41, 5.74) is 1.38. The highest BCUT2D eigenvalue weighted by Crippen LogP contribution is 2.23. The summed E-state index contributed by atoms with van der Waals surface area (Å²) in [6, 6.07) is 10.6. The van der Waals surface area contributed by atoms with E-state index in [9.17, 15) is 0 Å². The van der Waals surface area contributed by atoms with E-state index in [0.29, 0.717) is 11.8 Å². The van der Waals surface area contributed by atoms with Crippen LogP contribution in [0.15, 0.2) is 55.6 Å². The fraction of sp³-hybridized carbons (Fsp3) is 0.333. The van der Waals surface area contributed by atoms with E-state index in [-0.39, 0.29) is 0 Å². The largest absolute Gasteiger partial charge is 0.103 e. The lowest BCUT2D eigenvalue weighted by Crippen LogP contribution is -2.13. The van der Waals surface area contributed by atoms with Gasteiger partial charge in [-0.15, -0.1) is 13.2 Å². The lowest BCUT2D eigenvalue weighted by Gasteiger charge is -2.20. The van der Waals surface area contributed by atoms with Crippen molar-refractivity contribution in [1.82, 2.24) is 0 Å². The molecule has 1 rings (SSSR count). The number of allylic oxidation sites excluding steroid dienone is 2. The Morgan fingerprint density at radius 2 is 1.69 bits per heavy atom. The Morgan fingerprint density at radius 3 is 2.19 bits per heavy atom. The number of hydrogen-bond donors (Lipinski definition) is 0. The summed E-state index contributed by atoms with van der Waals surface area (Å²) in [4.78, 5) is 0. The van der Waals surface area contributed by atoms with Gasteiger partial charge in [0.1, 0.15) is 0 Å². The number of halogens is 1. The third kappa shape index (κ3) is 4.12. The van der Waals surface area contributed by atoms with E-state index in [1.807, 2.05) is 0 Å². The van der Waals surface area contributed by atoms with Gasteiger partial charge in [0, 0.05) is 4.43 Å². The minimum Gasteiger partial charge on any atom is -0.103 e. The van der Waals surface area contributed by atoms with Crippen molar-refractivity contribution in [1.29, 1.82) is 0 Å². The average Bonchev–Trinajstić information content (AvgIpc) is 2.35. The molecule has 0 saturated heterocycles. The highest BCUT2D eigenvalue weighted by Gasteiger charge is 2.15. The molecule has 0 aromatic heterocycles. The van der Waals surface area contributed by atoms with Gasteiger partial charge in [-0.3, -0.25) is 0 Å². The van der Waals surface area contributed by atoms with E-state index in [0.717, 1.165) is 6.42 Å². The Morgan fingerprint density at radius 1 is 1.06 bits per heavy atom. The lowest BCUT2D eigenvalue weighted by molar-refractivity contribution is 0.465. The summed E-state index contributed by atoms with van der Waals surface area (Å²) < 4.78 is 1.17. The molecule has 1 heteroatoms. The Balaban J connectivity index is 2.67. The van der Waals surface area contributed by atoms with Gasteiger partial charge in [-0.05, 0) is 30.2 Å². The first-order chi connectivity index (χ1) is 7.81. The van der Waals surface area contributed by atoms with Gasteiger partial charge in [-0.2, -0.15) is 0 Å². The van der Waals surface area contributed by atoms with Crippen molar-refractivity contribution in [3.63, 3.8) is 0 Å². The molecule has 0 nitrogen and oxygen atoms in total. The van der Waals surface area contributed by atoms with Gasteiger partial charge in [0.05, 0.1) is 0 Å². The number of benzene rings is 1. The van der Waals surface area contributed by atoms with Crippen LogP contribution in [0.3, 0.4) is 0 Å². The summed E-state index contributed by atoms with van der Waals surface area (Å²) in [5, 5.41) is 0. The third-order valence-corrected chi connectivity index (χ3v) is 3.53. The molecule has 0 spiro atoms. The van der Waals surface area contributed by atoms with Gasteiger partial charge in [0.15, 0.2) is 0 Å². The van der Waals surface area contributed by atoms with Crippen molar-refractivity contribution < 1.29 is 0 Å². The second kappa shape index (κ2) is 7.66. The summed E-state index contributed by atoms with van der Waals surface area (Å²) in [6.07, 6.45) is 6.41. The molecule has 0 radical (unpaired) electrons.